The molecular formula is C28H55P. The first-order valence-corrected chi connectivity index (χ1v) is 15.7. The van der Waals surface area contributed by atoms with Crippen LogP contribution in [0.25, 0.3) is 0 Å². The summed E-state index contributed by atoms with van der Waals surface area (Å²) in [6.07, 6.45) is 31.8. The average molecular weight is 423 g/mol. The molecule has 0 spiro atoms. The van der Waals surface area contributed by atoms with Crippen LogP contribution in [0.15, 0.2) is 0 Å². The summed E-state index contributed by atoms with van der Waals surface area (Å²) in [5, 5.41) is 0. The van der Waals surface area contributed by atoms with E-state index < -0.39 is 0 Å². The van der Waals surface area contributed by atoms with Crippen molar-refractivity contribution in [3.63, 3.8) is 0 Å². The summed E-state index contributed by atoms with van der Waals surface area (Å²) >= 11 is 0. The Bertz CT molecular complexity index is 379. The quantitative estimate of drug-likeness (QED) is 0.161. The standard InChI is InChI=1S/C28H55P/c1-4-5-6-7-8-9-10-11-12-13-14-15-16-17-18-19-22-29-24-26(3)27-21-20-25(2)28(29)23-27/h25-28H,4-24H2,1-3H3/t25-,26+,27+,28+,29?/m0/s1. The van der Waals surface area contributed by atoms with E-state index in [4.69, 9.17) is 0 Å². The van der Waals surface area contributed by atoms with Crippen molar-refractivity contribution in [2.75, 3.05) is 12.3 Å². The molecule has 2 fully saturated rings. The zero-order valence-corrected chi connectivity index (χ0v) is 21.5. The maximum absolute atomic E-state index is 2.57. The zero-order valence-electron chi connectivity index (χ0n) is 20.6. The minimum atomic E-state index is 0.368. The Hall–Kier alpha value is 0.430. The van der Waals surface area contributed by atoms with Crippen LogP contribution in [0.2, 0.25) is 0 Å². The van der Waals surface area contributed by atoms with Crippen LogP contribution in [-0.2, 0) is 0 Å². The molecule has 1 heterocycles. The average Bonchev–Trinajstić information content (AvgIpc) is 2.72. The summed E-state index contributed by atoms with van der Waals surface area (Å²) in [7, 11) is 0.368. The first kappa shape index (κ1) is 25.7. The van der Waals surface area contributed by atoms with Crippen molar-refractivity contribution in [1.29, 1.82) is 0 Å². The molecule has 5 atom stereocenters. The first-order valence-electron chi connectivity index (χ1n) is 14.0. The number of rotatable bonds is 17. The summed E-state index contributed by atoms with van der Waals surface area (Å²) in [5.74, 6) is 3.19. The predicted octanol–water partition coefficient (Wildman–Crippen LogP) is 10.2. The van der Waals surface area contributed by atoms with Crippen molar-refractivity contribution in [1.82, 2.24) is 0 Å². The Morgan fingerprint density at radius 1 is 0.586 bits per heavy atom. The van der Waals surface area contributed by atoms with Crippen molar-refractivity contribution in [3.8, 4) is 0 Å². The van der Waals surface area contributed by atoms with E-state index in [0.29, 0.717) is 7.92 Å². The molecule has 0 radical (unpaired) electrons. The van der Waals surface area contributed by atoms with Crippen LogP contribution < -0.4 is 0 Å². The molecule has 2 rings (SSSR count). The molecule has 1 unspecified atom stereocenters. The molecule has 29 heavy (non-hydrogen) atoms. The molecule has 1 heteroatoms. The van der Waals surface area contributed by atoms with Gasteiger partial charge in [0.05, 0.1) is 0 Å². The van der Waals surface area contributed by atoms with Crippen LogP contribution in [-0.4, -0.2) is 18.0 Å². The molecule has 0 aromatic heterocycles. The Morgan fingerprint density at radius 3 is 1.59 bits per heavy atom. The smallest absolute Gasteiger partial charge is 0.0181 e. The topological polar surface area (TPSA) is 0 Å². The minimum Gasteiger partial charge on any atom is -0.103 e. The highest BCUT2D eigenvalue weighted by Crippen LogP contribution is 2.58. The van der Waals surface area contributed by atoms with E-state index >= 15 is 0 Å². The molecule has 0 aromatic rings. The SMILES string of the molecule is CCCCCCCCCCCCCCCCCCP1C[C@@H](C)[C@@H]2CC[C@H](C)[C@H]1C2. The van der Waals surface area contributed by atoms with E-state index in [1.165, 1.54) is 103 Å². The van der Waals surface area contributed by atoms with Gasteiger partial charge in [-0.1, -0.05) is 117 Å². The van der Waals surface area contributed by atoms with Gasteiger partial charge in [-0.15, -0.1) is 7.92 Å². The zero-order chi connectivity index (χ0) is 20.7. The molecule has 0 N–H and O–H groups in total. The summed E-state index contributed by atoms with van der Waals surface area (Å²) in [6.45, 7) is 7.45. The van der Waals surface area contributed by atoms with Gasteiger partial charge >= 0.3 is 0 Å². The molecular weight excluding hydrogens is 367 g/mol. The van der Waals surface area contributed by atoms with Crippen molar-refractivity contribution in [2.24, 2.45) is 17.8 Å². The molecule has 2 aliphatic rings. The van der Waals surface area contributed by atoms with Gasteiger partial charge in [-0.05, 0) is 61.4 Å². The van der Waals surface area contributed by atoms with Gasteiger partial charge in [0.2, 0.25) is 0 Å². The Labute approximate surface area is 186 Å². The van der Waals surface area contributed by atoms with Crippen LogP contribution in [0.4, 0.5) is 0 Å². The normalized spacial score (nSPS) is 29.3. The third-order valence-electron chi connectivity index (χ3n) is 8.29. The minimum absolute atomic E-state index is 0.368. The third kappa shape index (κ3) is 10.5. The van der Waals surface area contributed by atoms with E-state index in [1.807, 2.05) is 0 Å². The summed E-state index contributed by atoms with van der Waals surface area (Å²) in [6, 6.07) is 0. The molecule has 0 amide bonds. The molecule has 1 aliphatic heterocycles. The summed E-state index contributed by atoms with van der Waals surface area (Å²) < 4.78 is 0. The maximum Gasteiger partial charge on any atom is -0.0181 e. The highest BCUT2D eigenvalue weighted by Gasteiger charge is 2.39. The fourth-order valence-corrected chi connectivity index (χ4v) is 10.0. The van der Waals surface area contributed by atoms with E-state index in [1.54, 1.807) is 31.6 Å². The molecule has 172 valence electrons. The third-order valence-corrected chi connectivity index (χ3v) is 11.9. The van der Waals surface area contributed by atoms with Crippen molar-refractivity contribution in [3.05, 3.63) is 0 Å². The molecule has 0 nitrogen and oxygen atoms in total. The maximum atomic E-state index is 2.57. The lowest BCUT2D eigenvalue weighted by Gasteiger charge is -2.47. The van der Waals surface area contributed by atoms with Gasteiger partial charge in [0, 0.05) is 0 Å². The van der Waals surface area contributed by atoms with Gasteiger partial charge in [-0.25, -0.2) is 0 Å². The second-order valence-electron chi connectivity index (χ2n) is 10.9. The molecule has 0 aromatic carbocycles. The molecule has 2 bridgehead atoms. The fourth-order valence-electron chi connectivity index (χ4n) is 6.13. The van der Waals surface area contributed by atoms with E-state index in [-0.39, 0.29) is 0 Å². The number of hydrogen-bond acceptors (Lipinski definition) is 0. The largest absolute Gasteiger partial charge is 0.103 e. The molecule has 1 saturated heterocycles. The van der Waals surface area contributed by atoms with Gasteiger partial charge in [-0.2, -0.15) is 0 Å². The van der Waals surface area contributed by atoms with Crippen LogP contribution in [0.5, 0.6) is 0 Å². The highest BCUT2D eigenvalue weighted by molar-refractivity contribution is 7.58. The van der Waals surface area contributed by atoms with Crippen molar-refractivity contribution < 1.29 is 0 Å². The van der Waals surface area contributed by atoms with E-state index in [2.05, 4.69) is 20.8 Å². The van der Waals surface area contributed by atoms with E-state index in [9.17, 15) is 0 Å². The molecule has 1 saturated carbocycles. The van der Waals surface area contributed by atoms with Crippen molar-refractivity contribution >= 4 is 7.92 Å². The fraction of sp³-hybridized carbons (Fsp3) is 1.00. The second-order valence-corrected chi connectivity index (χ2v) is 13.5. The molecule has 1 aliphatic carbocycles. The first-order chi connectivity index (χ1) is 14.2. The predicted molar refractivity (Wildman–Crippen MR) is 136 cm³/mol. The van der Waals surface area contributed by atoms with Crippen LogP contribution in [0.1, 0.15) is 143 Å². The highest BCUT2D eigenvalue weighted by atomic mass is 31.1. The Morgan fingerprint density at radius 2 is 1.07 bits per heavy atom. The lowest BCUT2D eigenvalue weighted by molar-refractivity contribution is 0.226. The van der Waals surface area contributed by atoms with Crippen LogP contribution >= 0.6 is 7.92 Å². The van der Waals surface area contributed by atoms with Gasteiger partial charge in [0.25, 0.3) is 0 Å². The summed E-state index contributed by atoms with van der Waals surface area (Å²) in [4.78, 5) is 0. The monoisotopic (exact) mass is 422 g/mol. The van der Waals surface area contributed by atoms with E-state index in [0.717, 1.165) is 23.4 Å². The number of fused-ring (bicyclic) bond motifs is 2. The summed E-state index contributed by atoms with van der Waals surface area (Å²) in [5.41, 5.74) is 1.15. The van der Waals surface area contributed by atoms with Gasteiger partial charge in [0.15, 0.2) is 0 Å². The Balaban J connectivity index is 1.34. The van der Waals surface area contributed by atoms with Crippen LogP contribution in [0.3, 0.4) is 0 Å². The van der Waals surface area contributed by atoms with Crippen LogP contribution in [0, 0.1) is 17.8 Å². The van der Waals surface area contributed by atoms with Crippen molar-refractivity contribution in [2.45, 2.75) is 148 Å². The lowest BCUT2D eigenvalue weighted by atomic mass is 9.76. The lowest BCUT2D eigenvalue weighted by Crippen LogP contribution is -2.37. The Kier molecular flexibility index (Phi) is 14.3. The number of unbranched alkanes of at least 4 members (excludes halogenated alkanes) is 15. The number of hydrogen-bond donors (Lipinski definition) is 0. The second kappa shape index (κ2) is 16.1. The van der Waals surface area contributed by atoms with Gasteiger partial charge < -0.3 is 0 Å². The van der Waals surface area contributed by atoms with Gasteiger partial charge in [0.1, 0.15) is 0 Å². The van der Waals surface area contributed by atoms with Gasteiger partial charge in [-0.3, -0.25) is 0 Å².